The van der Waals surface area contributed by atoms with Crippen molar-refractivity contribution in [3.05, 3.63) is 42.0 Å². The lowest BCUT2D eigenvalue weighted by Crippen LogP contribution is -2.18. The second kappa shape index (κ2) is 11.3. The van der Waals surface area contributed by atoms with E-state index in [-0.39, 0.29) is 5.41 Å². The van der Waals surface area contributed by atoms with E-state index in [1.54, 1.807) is 0 Å². The first-order valence-corrected chi connectivity index (χ1v) is 8.12. The average Bonchev–Trinajstić information content (AvgIpc) is 2.51. The van der Waals surface area contributed by atoms with Crippen LogP contribution in [0.4, 0.5) is 0 Å². The van der Waals surface area contributed by atoms with Gasteiger partial charge in [-0.3, -0.25) is 0 Å². The fourth-order valence-corrected chi connectivity index (χ4v) is 2.01. The Morgan fingerprint density at radius 3 is 2.32 bits per heavy atom. The molecule has 0 heterocycles. The van der Waals surface area contributed by atoms with Crippen LogP contribution >= 0.6 is 0 Å². The minimum absolute atomic E-state index is 0.114. The molecule has 0 saturated carbocycles. The molecule has 6 nitrogen and oxygen atoms in total. The van der Waals surface area contributed by atoms with Gasteiger partial charge in [-0.2, -0.15) is 0 Å². The number of rotatable bonds is 7. The SMILES string of the molecule is C=CCNCCCOc1c(C)cccc1C(C)(C)C.O=C(O)C(=O)O. The van der Waals surface area contributed by atoms with E-state index in [1.807, 2.05) is 6.08 Å². The Balaban J connectivity index is 0.000000823. The summed E-state index contributed by atoms with van der Waals surface area (Å²) >= 11 is 0. The van der Waals surface area contributed by atoms with Crippen LogP contribution in [-0.2, 0) is 15.0 Å². The molecule has 0 radical (unpaired) electrons. The van der Waals surface area contributed by atoms with E-state index in [0.29, 0.717) is 0 Å². The van der Waals surface area contributed by atoms with Crippen molar-refractivity contribution in [1.29, 1.82) is 0 Å². The van der Waals surface area contributed by atoms with Gasteiger partial charge in [0.2, 0.25) is 0 Å². The first kappa shape index (κ1) is 22.7. The van der Waals surface area contributed by atoms with Crippen molar-refractivity contribution in [2.24, 2.45) is 0 Å². The first-order chi connectivity index (χ1) is 11.6. The summed E-state index contributed by atoms with van der Waals surface area (Å²) < 4.78 is 6.01. The molecule has 25 heavy (non-hydrogen) atoms. The number of carboxylic acid groups (broad SMARTS) is 2. The van der Waals surface area contributed by atoms with Crippen molar-refractivity contribution in [3.8, 4) is 5.75 Å². The van der Waals surface area contributed by atoms with Crippen molar-refractivity contribution in [3.63, 3.8) is 0 Å². The number of carboxylic acids is 2. The minimum atomic E-state index is -1.82. The number of carbonyl (C=O) groups is 2. The number of ether oxygens (including phenoxy) is 1. The lowest BCUT2D eigenvalue weighted by Gasteiger charge is -2.24. The molecule has 0 fully saturated rings. The maximum atomic E-state index is 9.10. The van der Waals surface area contributed by atoms with Crippen LogP contribution < -0.4 is 10.1 Å². The van der Waals surface area contributed by atoms with Gasteiger partial charge >= 0.3 is 11.9 Å². The molecule has 0 aliphatic carbocycles. The maximum absolute atomic E-state index is 9.10. The van der Waals surface area contributed by atoms with Gasteiger partial charge < -0.3 is 20.3 Å². The number of aryl methyl sites for hydroxylation is 1. The predicted octanol–water partition coefficient (Wildman–Crippen LogP) is 2.99. The number of aliphatic carboxylic acids is 2. The molecule has 0 aliphatic rings. The third-order valence-corrected chi connectivity index (χ3v) is 3.24. The Labute approximate surface area is 149 Å². The monoisotopic (exact) mass is 351 g/mol. The quantitative estimate of drug-likeness (QED) is 0.397. The third kappa shape index (κ3) is 9.52. The van der Waals surface area contributed by atoms with Gasteiger partial charge in [-0.05, 0) is 36.4 Å². The third-order valence-electron chi connectivity index (χ3n) is 3.24. The van der Waals surface area contributed by atoms with E-state index in [1.165, 1.54) is 11.1 Å². The highest BCUT2D eigenvalue weighted by Gasteiger charge is 2.19. The van der Waals surface area contributed by atoms with Gasteiger partial charge in [0.1, 0.15) is 5.75 Å². The second-order valence-corrected chi connectivity index (χ2v) is 6.51. The van der Waals surface area contributed by atoms with E-state index in [9.17, 15) is 0 Å². The highest BCUT2D eigenvalue weighted by atomic mass is 16.5. The Morgan fingerprint density at radius 2 is 1.84 bits per heavy atom. The van der Waals surface area contributed by atoms with Crippen molar-refractivity contribution in [2.45, 2.75) is 39.5 Å². The summed E-state index contributed by atoms with van der Waals surface area (Å²) in [6, 6.07) is 6.38. The van der Waals surface area contributed by atoms with Crippen LogP contribution in [0.2, 0.25) is 0 Å². The normalized spacial score (nSPS) is 10.4. The Kier molecular flexibility index (Phi) is 10.2. The lowest BCUT2D eigenvalue weighted by atomic mass is 9.85. The van der Waals surface area contributed by atoms with E-state index in [0.717, 1.165) is 31.9 Å². The Morgan fingerprint density at radius 1 is 1.24 bits per heavy atom. The van der Waals surface area contributed by atoms with E-state index in [2.05, 4.69) is 57.8 Å². The highest BCUT2D eigenvalue weighted by Crippen LogP contribution is 2.33. The van der Waals surface area contributed by atoms with Crippen LogP contribution in [-0.4, -0.2) is 41.8 Å². The van der Waals surface area contributed by atoms with Crippen LogP contribution in [0.5, 0.6) is 5.75 Å². The van der Waals surface area contributed by atoms with Gasteiger partial charge in [0.05, 0.1) is 6.61 Å². The molecule has 140 valence electrons. The standard InChI is InChI=1S/C17H27NO.C2H2O4/c1-6-11-18-12-8-13-19-16-14(2)9-7-10-15(16)17(3,4)5;3-1(4)2(5)6/h6-7,9-10,18H,1,8,11-13H2,2-5H3;(H,3,4)(H,5,6). The van der Waals surface area contributed by atoms with Gasteiger partial charge in [0, 0.05) is 6.54 Å². The molecule has 1 aromatic rings. The number of hydrogen-bond donors (Lipinski definition) is 3. The van der Waals surface area contributed by atoms with Crippen LogP contribution in [0.25, 0.3) is 0 Å². The van der Waals surface area contributed by atoms with E-state index < -0.39 is 11.9 Å². The number of benzene rings is 1. The fourth-order valence-electron chi connectivity index (χ4n) is 2.01. The van der Waals surface area contributed by atoms with Crippen molar-refractivity contribution in [1.82, 2.24) is 5.32 Å². The summed E-state index contributed by atoms with van der Waals surface area (Å²) in [5.41, 5.74) is 2.61. The molecule has 3 N–H and O–H groups in total. The van der Waals surface area contributed by atoms with Gasteiger partial charge in [-0.15, -0.1) is 6.58 Å². The molecule has 1 rings (SSSR count). The van der Waals surface area contributed by atoms with Crippen LogP contribution in [0.15, 0.2) is 30.9 Å². The number of hydrogen-bond acceptors (Lipinski definition) is 4. The molecule has 6 heteroatoms. The molecular formula is C19H29NO5. The Hall–Kier alpha value is -2.34. The lowest BCUT2D eigenvalue weighted by molar-refractivity contribution is -0.159. The molecular weight excluding hydrogens is 322 g/mol. The van der Waals surface area contributed by atoms with Crippen molar-refractivity contribution >= 4 is 11.9 Å². The zero-order chi connectivity index (χ0) is 19.5. The van der Waals surface area contributed by atoms with Crippen molar-refractivity contribution in [2.75, 3.05) is 19.7 Å². The van der Waals surface area contributed by atoms with Crippen molar-refractivity contribution < 1.29 is 24.5 Å². The summed E-state index contributed by atoms with van der Waals surface area (Å²) in [4.78, 5) is 18.2. The molecule has 0 atom stereocenters. The van der Waals surface area contributed by atoms with Crippen LogP contribution in [0, 0.1) is 6.92 Å². The number of para-hydroxylation sites is 1. The summed E-state index contributed by atoms with van der Waals surface area (Å²) in [6.45, 7) is 15.0. The smallest absolute Gasteiger partial charge is 0.414 e. The first-order valence-electron chi connectivity index (χ1n) is 8.12. The molecule has 0 aromatic heterocycles. The molecule has 0 unspecified atom stereocenters. The van der Waals surface area contributed by atoms with E-state index in [4.69, 9.17) is 24.5 Å². The average molecular weight is 351 g/mol. The maximum Gasteiger partial charge on any atom is 0.414 e. The van der Waals surface area contributed by atoms with Crippen LogP contribution in [0.1, 0.15) is 38.3 Å². The van der Waals surface area contributed by atoms with Gasteiger partial charge in [0.15, 0.2) is 0 Å². The Bertz CT molecular complexity index is 564. The topological polar surface area (TPSA) is 95.9 Å². The summed E-state index contributed by atoms with van der Waals surface area (Å²) in [7, 11) is 0. The zero-order valence-corrected chi connectivity index (χ0v) is 15.5. The molecule has 0 aliphatic heterocycles. The largest absolute Gasteiger partial charge is 0.493 e. The minimum Gasteiger partial charge on any atom is -0.493 e. The molecule has 0 saturated heterocycles. The summed E-state index contributed by atoms with van der Waals surface area (Å²) in [5, 5.41) is 18.1. The van der Waals surface area contributed by atoms with Crippen LogP contribution in [0.3, 0.4) is 0 Å². The highest BCUT2D eigenvalue weighted by molar-refractivity contribution is 6.27. The summed E-state index contributed by atoms with van der Waals surface area (Å²) in [6.07, 6.45) is 2.88. The molecule has 0 bridgehead atoms. The molecule has 0 spiro atoms. The molecule has 0 amide bonds. The predicted molar refractivity (Wildman–Crippen MR) is 98.3 cm³/mol. The van der Waals surface area contributed by atoms with Gasteiger partial charge in [-0.25, -0.2) is 9.59 Å². The summed E-state index contributed by atoms with van der Waals surface area (Å²) in [5.74, 6) is -2.59. The van der Waals surface area contributed by atoms with Gasteiger partial charge in [-0.1, -0.05) is 45.0 Å². The fraction of sp³-hybridized carbons (Fsp3) is 0.474. The number of nitrogens with one attached hydrogen (secondary N) is 1. The second-order valence-electron chi connectivity index (χ2n) is 6.51. The van der Waals surface area contributed by atoms with Gasteiger partial charge in [0.25, 0.3) is 0 Å². The zero-order valence-electron chi connectivity index (χ0n) is 15.5. The molecule has 1 aromatic carbocycles. The van der Waals surface area contributed by atoms with E-state index >= 15 is 0 Å².